The van der Waals surface area contributed by atoms with Crippen molar-refractivity contribution in [1.29, 1.82) is 0 Å². The predicted molar refractivity (Wildman–Crippen MR) is 75.4 cm³/mol. The van der Waals surface area contributed by atoms with Crippen LogP contribution >= 0.6 is 0 Å². The quantitative estimate of drug-likeness (QED) is 0.734. The molecule has 0 saturated carbocycles. The minimum atomic E-state index is -0.106. The summed E-state index contributed by atoms with van der Waals surface area (Å²) in [6, 6.07) is 7.65. The fourth-order valence-electron chi connectivity index (χ4n) is 1.52. The number of aryl methyl sites for hydroxylation is 1. The Bertz CT molecular complexity index is 391. The zero-order valence-corrected chi connectivity index (χ0v) is 11.9. The number of amides is 1. The first-order valence-electron chi connectivity index (χ1n) is 6.65. The van der Waals surface area contributed by atoms with Crippen molar-refractivity contribution in [3.63, 3.8) is 0 Å². The Morgan fingerprint density at radius 1 is 1.37 bits per heavy atom. The van der Waals surface area contributed by atoms with Gasteiger partial charge in [0.05, 0.1) is 6.10 Å². The van der Waals surface area contributed by atoms with Gasteiger partial charge in [-0.05, 0) is 44.9 Å². The second kappa shape index (κ2) is 8.53. The lowest BCUT2D eigenvalue weighted by Crippen LogP contribution is -2.30. The van der Waals surface area contributed by atoms with Gasteiger partial charge in [0.25, 0.3) is 5.91 Å². The summed E-state index contributed by atoms with van der Waals surface area (Å²) in [6.45, 7) is 7.30. The third-order valence-electron chi connectivity index (χ3n) is 2.45. The van der Waals surface area contributed by atoms with Crippen molar-refractivity contribution in [3.05, 3.63) is 29.8 Å². The van der Waals surface area contributed by atoms with Crippen LogP contribution in [0.3, 0.4) is 0 Å². The standard InChI is InChI=1S/C15H23NO3/c1-12(2)18-9-5-8-16-15(17)11-19-14-7-4-6-13(3)10-14/h4,6-7,10,12H,5,8-9,11H2,1-3H3,(H,16,17). The number of hydrogen-bond donors (Lipinski definition) is 1. The van der Waals surface area contributed by atoms with Crippen molar-refractivity contribution in [2.75, 3.05) is 19.8 Å². The highest BCUT2D eigenvalue weighted by molar-refractivity contribution is 5.77. The lowest BCUT2D eigenvalue weighted by Gasteiger charge is -2.09. The molecule has 1 N–H and O–H groups in total. The molecule has 0 atom stereocenters. The van der Waals surface area contributed by atoms with E-state index in [4.69, 9.17) is 9.47 Å². The van der Waals surface area contributed by atoms with Crippen LogP contribution in [0.4, 0.5) is 0 Å². The molecule has 0 aliphatic rings. The van der Waals surface area contributed by atoms with E-state index in [1.54, 1.807) is 0 Å². The number of hydrogen-bond acceptors (Lipinski definition) is 3. The number of nitrogens with one attached hydrogen (secondary N) is 1. The monoisotopic (exact) mass is 265 g/mol. The van der Waals surface area contributed by atoms with Gasteiger partial charge in [-0.25, -0.2) is 0 Å². The second-order valence-electron chi connectivity index (χ2n) is 4.73. The van der Waals surface area contributed by atoms with Crippen molar-refractivity contribution >= 4 is 5.91 Å². The Labute approximate surface area is 115 Å². The molecule has 106 valence electrons. The van der Waals surface area contributed by atoms with Gasteiger partial charge in [0.1, 0.15) is 5.75 Å². The first-order valence-corrected chi connectivity index (χ1v) is 6.65. The molecule has 1 amide bonds. The van der Waals surface area contributed by atoms with Crippen LogP contribution in [0.1, 0.15) is 25.8 Å². The molecular formula is C15H23NO3. The van der Waals surface area contributed by atoms with Crippen molar-refractivity contribution in [2.24, 2.45) is 0 Å². The number of benzene rings is 1. The zero-order valence-electron chi connectivity index (χ0n) is 11.9. The van der Waals surface area contributed by atoms with E-state index in [0.29, 0.717) is 13.2 Å². The maximum atomic E-state index is 11.5. The smallest absolute Gasteiger partial charge is 0.257 e. The van der Waals surface area contributed by atoms with Gasteiger partial charge in [-0.2, -0.15) is 0 Å². The van der Waals surface area contributed by atoms with Crippen LogP contribution in [0.5, 0.6) is 5.75 Å². The summed E-state index contributed by atoms with van der Waals surface area (Å²) in [7, 11) is 0. The minimum absolute atomic E-state index is 0.0501. The molecule has 4 heteroatoms. The van der Waals surface area contributed by atoms with Gasteiger partial charge < -0.3 is 14.8 Å². The Morgan fingerprint density at radius 2 is 2.16 bits per heavy atom. The van der Waals surface area contributed by atoms with E-state index in [-0.39, 0.29) is 18.6 Å². The molecule has 0 unspecified atom stereocenters. The molecule has 1 aromatic rings. The summed E-state index contributed by atoms with van der Waals surface area (Å²) in [5.41, 5.74) is 1.11. The van der Waals surface area contributed by atoms with E-state index in [9.17, 15) is 4.79 Å². The molecule has 0 saturated heterocycles. The molecule has 1 aromatic carbocycles. The average Bonchev–Trinajstić information content (AvgIpc) is 2.35. The van der Waals surface area contributed by atoms with Gasteiger partial charge in [-0.15, -0.1) is 0 Å². The normalized spacial score (nSPS) is 10.5. The average molecular weight is 265 g/mol. The van der Waals surface area contributed by atoms with Crippen LogP contribution in [0, 0.1) is 6.92 Å². The molecule has 0 spiro atoms. The first-order chi connectivity index (χ1) is 9.08. The SMILES string of the molecule is Cc1cccc(OCC(=O)NCCCOC(C)C)c1. The summed E-state index contributed by atoms with van der Waals surface area (Å²) in [6.07, 6.45) is 1.05. The molecule has 0 fully saturated rings. The summed E-state index contributed by atoms with van der Waals surface area (Å²) in [5, 5.41) is 2.80. The van der Waals surface area contributed by atoms with Gasteiger partial charge in [0, 0.05) is 13.2 Å². The number of carbonyl (C=O) groups excluding carboxylic acids is 1. The molecule has 0 heterocycles. The topological polar surface area (TPSA) is 47.6 Å². The molecule has 19 heavy (non-hydrogen) atoms. The third-order valence-corrected chi connectivity index (χ3v) is 2.45. The van der Waals surface area contributed by atoms with Crippen LogP contribution in [0.25, 0.3) is 0 Å². The molecule has 0 aliphatic carbocycles. The van der Waals surface area contributed by atoms with Gasteiger partial charge in [-0.1, -0.05) is 12.1 Å². The predicted octanol–water partition coefficient (Wildman–Crippen LogP) is 2.31. The Hall–Kier alpha value is -1.55. The van der Waals surface area contributed by atoms with Crippen LogP contribution < -0.4 is 10.1 Å². The van der Waals surface area contributed by atoms with E-state index in [1.165, 1.54) is 0 Å². The van der Waals surface area contributed by atoms with Crippen LogP contribution in [0.2, 0.25) is 0 Å². The molecule has 0 bridgehead atoms. The van der Waals surface area contributed by atoms with Crippen molar-refractivity contribution in [1.82, 2.24) is 5.32 Å². The number of ether oxygens (including phenoxy) is 2. The largest absolute Gasteiger partial charge is 0.484 e. The van der Waals surface area contributed by atoms with Crippen molar-refractivity contribution < 1.29 is 14.3 Å². The van der Waals surface area contributed by atoms with E-state index < -0.39 is 0 Å². The third kappa shape index (κ3) is 7.47. The molecule has 0 aromatic heterocycles. The molecule has 1 rings (SSSR count). The van der Waals surface area contributed by atoms with Gasteiger partial charge in [0.15, 0.2) is 6.61 Å². The summed E-state index contributed by atoms with van der Waals surface area (Å²) >= 11 is 0. The van der Waals surface area contributed by atoms with E-state index >= 15 is 0 Å². The summed E-state index contributed by atoms with van der Waals surface area (Å²) < 4.78 is 10.8. The Kier molecular flexibility index (Phi) is 6.97. The second-order valence-corrected chi connectivity index (χ2v) is 4.73. The van der Waals surface area contributed by atoms with Gasteiger partial charge in [-0.3, -0.25) is 4.79 Å². The zero-order chi connectivity index (χ0) is 14.1. The lowest BCUT2D eigenvalue weighted by atomic mass is 10.2. The highest BCUT2D eigenvalue weighted by Crippen LogP contribution is 2.11. The molecule has 0 aliphatic heterocycles. The fourth-order valence-corrected chi connectivity index (χ4v) is 1.52. The van der Waals surface area contributed by atoms with E-state index in [1.807, 2.05) is 45.0 Å². The maximum absolute atomic E-state index is 11.5. The lowest BCUT2D eigenvalue weighted by molar-refractivity contribution is -0.123. The summed E-state index contributed by atoms with van der Waals surface area (Å²) in [5.74, 6) is 0.615. The number of carbonyl (C=O) groups is 1. The molecular weight excluding hydrogens is 242 g/mol. The van der Waals surface area contributed by atoms with Crippen LogP contribution in [0.15, 0.2) is 24.3 Å². The van der Waals surface area contributed by atoms with E-state index in [2.05, 4.69) is 5.32 Å². The minimum Gasteiger partial charge on any atom is -0.484 e. The molecule has 4 nitrogen and oxygen atoms in total. The number of rotatable bonds is 8. The Morgan fingerprint density at radius 3 is 2.84 bits per heavy atom. The maximum Gasteiger partial charge on any atom is 0.257 e. The summed E-state index contributed by atoms with van der Waals surface area (Å²) in [4.78, 5) is 11.5. The van der Waals surface area contributed by atoms with Crippen LogP contribution in [-0.2, 0) is 9.53 Å². The van der Waals surface area contributed by atoms with Gasteiger partial charge in [0.2, 0.25) is 0 Å². The van der Waals surface area contributed by atoms with E-state index in [0.717, 1.165) is 17.7 Å². The van der Waals surface area contributed by atoms with Crippen molar-refractivity contribution in [2.45, 2.75) is 33.3 Å². The van der Waals surface area contributed by atoms with Crippen LogP contribution in [-0.4, -0.2) is 31.8 Å². The fraction of sp³-hybridized carbons (Fsp3) is 0.533. The first kappa shape index (κ1) is 15.5. The Balaban J connectivity index is 2.11. The highest BCUT2D eigenvalue weighted by Gasteiger charge is 2.02. The van der Waals surface area contributed by atoms with Crippen molar-refractivity contribution in [3.8, 4) is 5.75 Å². The molecule has 0 radical (unpaired) electrons. The van der Waals surface area contributed by atoms with Gasteiger partial charge >= 0.3 is 0 Å². The highest BCUT2D eigenvalue weighted by atomic mass is 16.5.